The topological polar surface area (TPSA) is 0 Å². The smallest absolute Gasteiger partial charge is 0.244 e. The van der Waals surface area contributed by atoms with Crippen molar-refractivity contribution in [3.8, 4) is 0 Å². The van der Waals surface area contributed by atoms with Gasteiger partial charge in [-0.15, -0.1) is 0 Å². The first kappa shape index (κ1) is 24.9. The summed E-state index contributed by atoms with van der Waals surface area (Å²) >= 11 is 0. The fraction of sp³-hybridized carbons (Fsp3) is 0.667. The van der Waals surface area contributed by atoms with Crippen LogP contribution in [0.1, 0.15) is 6.42 Å². The summed E-state index contributed by atoms with van der Waals surface area (Å²) in [5.74, 6) is -18.4. The van der Waals surface area contributed by atoms with E-state index in [2.05, 4.69) is 13.2 Å². The number of hydrogen-bond donors (Lipinski definition) is 0. The first-order valence-electron chi connectivity index (χ1n) is 5.77. The van der Waals surface area contributed by atoms with Crippen LogP contribution >= 0.6 is 0 Å². The SMILES string of the molecule is C=CC(F)(F)C(F)(F)CC(F)F.C=CC(F)(F)C(F)C(F)(F)CF. The molecular weight excluding hydrogens is 372 g/mol. The van der Waals surface area contributed by atoms with Crippen molar-refractivity contribution >= 4 is 0 Å². The highest BCUT2D eigenvalue weighted by molar-refractivity contribution is 4.99. The number of halogens is 12. The van der Waals surface area contributed by atoms with E-state index in [0.717, 1.165) is 0 Å². The fourth-order valence-corrected chi connectivity index (χ4v) is 0.932. The molecule has 0 aromatic carbocycles. The van der Waals surface area contributed by atoms with Crippen molar-refractivity contribution in [3.63, 3.8) is 0 Å². The molecule has 0 rings (SSSR count). The zero-order valence-corrected chi connectivity index (χ0v) is 11.7. The van der Waals surface area contributed by atoms with Gasteiger partial charge in [0.05, 0.1) is 6.42 Å². The van der Waals surface area contributed by atoms with Crippen LogP contribution in [-0.4, -0.2) is 43.0 Å². The van der Waals surface area contributed by atoms with Crippen molar-refractivity contribution in [2.24, 2.45) is 0 Å². The minimum Gasteiger partial charge on any atom is -0.244 e. The van der Waals surface area contributed by atoms with Crippen LogP contribution in [0, 0.1) is 0 Å². The molecule has 0 aromatic heterocycles. The van der Waals surface area contributed by atoms with Gasteiger partial charge in [0, 0.05) is 0 Å². The molecular formula is C12H12F12. The second-order valence-corrected chi connectivity index (χ2v) is 4.26. The van der Waals surface area contributed by atoms with E-state index in [-0.39, 0.29) is 12.2 Å². The van der Waals surface area contributed by atoms with Crippen LogP contribution in [0.15, 0.2) is 25.3 Å². The van der Waals surface area contributed by atoms with Gasteiger partial charge in [-0.1, -0.05) is 13.2 Å². The average Bonchev–Trinajstić information content (AvgIpc) is 2.45. The third-order valence-corrected chi connectivity index (χ3v) is 2.31. The number of hydrogen-bond acceptors (Lipinski definition) is 0. The molecule has 0 fully saturated rings. The molecule has 0 spiro atoms. The summed E-state index contributed by atoms with van der Waals surface area (Å²) in [4.78, 5) is 0. The van der Waals surface area contributed by atoms with Crippen molar-refractivity contribution in [1.82, 2.24) is 0 Å². The molecule has 0 aromatic rings. The van der Waals surface area contributed by atoms with Crippen LogP contribution in [0.5, 0.6) is 0 Å². The van der Waals surface area contributed by atoms with Gasteiger partial charge < -0.3 is 0 Å². The number of allylic oxidation sites excluding steroid dienone is 2. The highest BCUT2D eigenvalue weighted by atomic mass is 19.3. The van der Waals surface area contributed by atoms with Gasteiger partial charge in [-0.3, -0.25) is 0 Å². The molecule has 0 nitrogen and oxygen atoms in total. The minimum absolute atomic E-state index is 0.277. The van der Waals surface area contributed by atoms with E-state index in [0.29, 0.717) is 0 Å². The molecule has 0 aliphatic carbocycles. The molecule has 24 heavy (non-hydrogen) atoms. The Morgan fingerprint density at radius 1 is 0.792 bits per heavy atom. The van der Waals surface area contributed by atoms with Gasteiger partial charge in [0.25, 0.3) is 0 Å². The summed E-state index contributed by atoms with van der Waals surface area (Å²) < 4.78 is 143. The molecule has 0 N–H and O–H groups in total. The summed E-state index contributed by atoms with van der Waals surface area (Å²) in [5.41, 5.74) is 0. The van der Waals surface area contributed by atoms with Gasteiger partial charge in [0.15, 0.2) is 6.67 Å². The van der Waals surface area contributed by atoms with Crippen molar-refractivity contribution in [3.05, 3.63) is 25.3 Å². The summed E-state index contributed by atoms with van der Waals surface area (Å²) in [6.07, 6.45) is -10.1. The monoisotopic (exact) mass is 384 g/mol. The van der Waals surface area contributed by atoms with Gasteiger partial charge in [0.1, 0.15) is 0 Å². The lowest BCUT2D eigenvalue weighted by Crippen LogP contribution is -2.44. The quantitative estimate of drug-likeness (QED) is 0.364. The standard InChI is InChI=1S/2C6H6F6/c1-2-5(9,10)4(8)6(11,12)3-7;1-2-5(9,10)6(11,12)3-4(7)8/h2*2,4H,1,3H2. The summed E-state index contributed by atoms with van der Waals surface area (Å²) in [6, 6.07) is 0. The second-order valence-electron chi connectivity index (χ2n) is 4.26. The van der Waals surface area contributed by atoms with Crippen molar-refractivity contribution in [2.45, 2.75) is 42.7 Å². The normalized spacial score (nSPS) is 14.7. The van der Waals surface area contributed by atoms with Crippen LogP contribution < -0.4 is 0 Å². The third kappa shape index (κ3) is 7.04. The van der Waals surface area contributed by atoms with Crippen molar-refractivity contribution in [2.75, 3.05) is 6.67 Å². The summed E-state index contributed by atoms with van der Waals surface area (Å²) in [6.45, 7) is 2.43. The summed E-state index contributed by atoms with van der Waals surface area (Å²) in [5, 5.41) is 0. The molecule has 0 aliphatic heterocycles. The fourth-order valence-electron chi connectivity index (χ4n) is 0.932. The zero-order valence-electron chi connectivity index (χ0n) is 11.7. The van der Waals surface area contributed by atoms with Gasteiger partial charge in [-0.25, -0.2) is 26.3 Å². The Balaban J connectivity index is 0. The van der Waals surface area contributed by atoms with E-state index in [1.807, 2.05) is 0 Å². The van der Waals surface area contributed by atoms with Gasteiger partial charge in [0.2, 0.25) is 12.6 Å². The zero-order chi connectivity index (χ0) is 20.0. The van der Waals surface area contributed by atoms with Crippen LogP contribution in [0.2, 0.25) is 0 Å². The maximum absolute atomic E-state index is 12.2. The van der Waals surface area contributed by atoms with Crippen molar-refractivity contribution in [1.29, 1.82) is 0 Å². The summed E-state index contributed by atoms with van der Waals surface area (Å²) in [7, 11) is 0. The first-order chi connectivity index (χ1) is 10.5. The molecule has 0 radical (unpaired) electrons. The maximum Gasteiger partial charge on any atom is 0.328 e. The second kappa shape index (κ2) is 8.65. The maximum atomic E-state index is 12.2. The Labute approximate surface area is 128 Å². The molecule has 0 amide bonds. The number of alkyl halides is 12. The highest BCUT2D eigenvalue weighted by Crippen LogP contribution is 2.39. The van der Waals surface area contributed by atoms with E-state index in [1.165, 1.54) is 0 Å². The predicted octanol–water partition coefficient (Wildman–Crippen LogP) is 5.85. The predicted molar refractivity (Wildman–Crippen MR) is 61.7 cm³/mol. The van der Waals surface area contributed by atoms with Crippen molar-refractivity contribution < 1.29 is 52.7 Å². The minimum atomic E-state index is -4.73. The lowest BCUT2D eigenvalue weighted by molar-refractivity contribution is -0.197. The molecule has 1 unspecified atom stereocenters. The Hall–Kier alpha value is -1.36. The van der Waals surface area contributed by atoms with Gasteiger partial charge >= 0.3 is 23.7 Å². The van der Waals surface area contributed by atoms with Crippen LogP contribution in [0.25, 0.3) is 0 Å². The Kier molecular flexibility index (Phi) is 8.97. The first-order valence-corrected chi connectivity index (χ1v) is 5.77. The Bertz CT molecular complexity index is 401. The molecule has 12 heteroatoms. The lowest BCUT2D eigenvalue weighted by atomic mass is 10.1. The van der Waals surface area contributed by atoms with E-state index in [4.69, 9.17) is 0 Å². The van der Waals surface area contributed by atoms with Gasteiger partial charge in [-0.2, -0.15) is 26.3 Å². The largest absolute Gasteiger partial charge is 0.328 e. The Morgan fingerprint density at radius 2 is 1.21 bits per heavy atom. The van der Waals surface area contributed by atoms with E-state index in [1.54, 1.807) is 0 Å². The molecule has 0 bridgehead atoms. The third-order valence-electron chi connectivity index (χ3n) is 2.31. The lowest BCUT2D eigenvalue weighted by Gasteiger charge is -2.22. The average molecular weight is 384 g/mol. The molecule has 0 aliphatic rings. The van der Waals surface area contributed by atoms with E-state index >= 15 is 0 Å². The number of rotatable bonds is 8. The van der Waals surface area contributed by atoms with Gasteiger partial charge in [-0.05, 0) is 12.2 Å². The molecule has 0 heterocycles. The molecule has 144 valence electrons. The molecule has 1 atom stereocenters. The molecule has 0 saturated heterocycles. The highest BCUT2D eigenvalue weighted by Gasteiger charge is 2.55. The van der Waals surface area contributed by atoms with E-state index < -0.39 is 49.4 Å². The van der Waals surface area contributed by atoms with Crippen LogP contribution in [0.4, 0.5) is 52.7 Å². The molecule has 0 saturated carbocycles. The Morgan fingerprint density at radius 3 is 1.46 bits per heavy atom. The van der Waals surface area contributed by atoms with Crippen LogP contribution in [0.3, 0.4) is 0 Å². The van der Waals surface area contributed by atoms with Crippen LogP contribution in [-0.2, 0) is 0 Å². The van der Waals surface area contributed by atoms with E-state index in [9.17, 15) is 52.7 Å².